The maximum Gasteiger partial charge on any atom is 0.416 e. The van der Waals surface area contributed by atoms with Gasteiger partial charge in [-0.3, -0.25) is 19.1 Å². The Bertz CT molecular complexity index is 1630. The lowest BCUT2D eigenvalue weighted by molar-refractivity contribution is -0.137. The van der Waals surface area contributed by atoms with Gasteiger partial charge in [0.1, 0.15) is 5.65 Å². The Morgan fingerprint density at radius 3 is 2.56 bits per heavy atom. The number of alkyl halides is 3. The number of carbonyl (C=O) groups excluding carboxylic acids is 1. The predicted octanol–water partition coefficient (Wildman–Crippen LogP) is 6.18. The Morgan fingerprint density at radius 2 is 1.86 bits per heavy atom. The van der Waals surface area contributed by atoms with Gasteiger partial charge in [0.2, 0.25) is 0 Å². The summed E-state index contributed by atoms with van der Waals surface area (Å²) in [4.78, 5) is 34.9. The monoisotopic (exact) mass is 508 g/mol. The van der Waals surface area contributed by atoms with Crippen LogP contribution in [0.15, 0.2) is 71.1 Å². The van der Waals surface area contributed by atoms with Crippen molar-refractivity contribution in [2.75, 3.05) is 0 Å². The van der Waals surface area contributed by atoms with E-state index in [2.05, 4.69) is 14.3 Å². The zero-order valence-corrected chi connectivity index (χ0v) is 19.8. The molecule has 4 heterocycles. The molecule has 0 spiro atoms. The van der Waals surface area contributed by atoms with Crippen LogP contribution in [0, 0.1) is 0 Å². The van der Waals surface area contributed by atoms with Gasteiger partial charge in [-0.1, -0.05) is 13.0 Å². The second kappa shape index (κ2) is 9.27. The van der Waals surface area contributed by atoms with Gasteiger partial charge in [-0.25, -0.2) is 4.98 Å². The van der Waals surface area contributed by atoms with Gasteiger partial charge >= 0.3 is 6.18 Å². The summed E-state index contributed by atoms with van der Waals surface area (Å²) in [5.41, 5.74) is 0.625. The van der Waals surface area contributed by atoms with E-state index in [4.69, 9.17) is 0 Å². The first kappa shape index (κ1) is 23.8. The van der Waals surface area contributed by atoms with Gasteiger partial charge in [-0.15, -0.1) is 0 Å². The number of halogens is 3. The molecule has 0 aliphatic carbocycles. The molecule has 1 atom stereocenters. The van der Waals surface area contributed by atoms with Crippen LogP contribution in [0.5, 0.6) is 0 Å². The van der Waals surface area contributed by atoms with Crippen molar-refractivity contribution in [3.63, 3.8) is 0 Å². The minimum Gasteiger partial charge on any atom is -0.294 e. The normalized spacial score (nSPS) is 12.8. The SMILES string of the molecule is C[C@H](CCC(=O)c1cnc2c(c1)c1csnc1c(=O)n2-c1ccc(C(F)(F)F)cc1)c1ccccn1. The highest BCUT2D eigenvalue weighted by molar-refractivity contribution is 7.04. The first-order valence-corrected chi connectivity index (χ1v) is 12.0. The lowest BCUT2D eigenvalue weighted by atomic mass is 9.97. The number of aromatic nitrogens is 4. The lowest BCUT2D eigenvalue weighted by Crippen LogP contribution is -2.20. The minimum absolute atomic E-state index is 0.0983. The average molecular weight is 509 g/mol. The molecule has 0 aliphatic rings. The molecule has 0 bridgehead atoms. The van der Waals surface area contributed by atoms with E-state index in [1.54, 1.807) is 17.6 Å². The van der Waals surface area contributed by atoms with Crippen molar-refractivity contribution in [1.29, 1.82) is 0 Å². The van der Waals surface area contributed by atoms with Crippen LogP contribution in [-0.2, 0) is 6.18 Å². The van der Waals surface area contributed by atoms with Gasteiger partial charge in [-0.2, -0.15) is 17.5 Å². The molecule has 0 saturated heterocycles. The number of ketones is 1. The summed E-state index contributed by atoms with van der Waals surface area (Å²) in [7, 11) is 0. The molecule has 0 aliphatic heterocycles. The van der Waals surface area contributed by atoms with Gasteiger partial charge in [0, 0.05) is 46.2 Å². The van der Waals surface area contributed by atoms with Crippen LogP contribution in [0.3, 0.4) is 0 Å². The van der Waals surface area contributed by atoms with Crippen LogP contribution >= 0.6 is 11.5 Å². The number of pyridine rings is 3. The van der Waals surface area contributed by atoms with Gasteiger partial charge in [-0.05, 0) is 66.3 Å². The predicted molar refractivity (Wildman–Crippen MR) is 132 cm³/mol. The molecule has 0 radical (unpaired) electrons. The topological polar surface area (TPSA) is 77.7 Å². The molecule has 6 nitrogen and oxygen atoms in total. The van der Waals surface area contributed by atoms with E-state index in [1.165, 1.54) is 22.9 Å². The maximum atomic E-state index is 13.2. The van der Waals surface area contributed by atoms with E-state index >= 15 is 0 Å². The van der Waals surface area contributed by atoms with Crippen LogP contribution in [0.4, 0.5) is 13.2 Å². The summed E-state index contributed by atoms with van der Waals surface area (Å²) in [6.45, 7) is 2.01. The fraction of sp³-hybridized carbons (Fsp3) is 0.192. The second-order valence-corrected chi connectivity index (χ2v) is 9.10. The molecule has 0 N–H and O–H groups in total. The zero-order valence-electron chi connectivity index (χ0n) is 19.0. The highest BCUT2D eigenvalue weighted by Crippen LogP contribution is 2.31. The molecule has 0 unspecified atom stereocenters. The van der Waals surface area contributed by atoms with E-state index in [1.807, 2.05) is 25.1 Å². The third-order valence-electron chi connectivity index (χ3n) is 6.12. The molecule has 36 heavy (non-hydrogen) atoms. The molecule has 0 amide bonds. The van der Waals surface area contributed by atoms with Crippen LogP contribution in [-0.4, -0.2) is 24.7 Å². The van der Waals surface area contributed by atoms with Crippen LogP contribution < -0.4 is 5.56 Å². The molecule has 5 rings (SSSR count). The molecular weight excluding hydrogens is 489 g/mol. The third-order valence-corrected chi connectivity index (χ3v) is 6.74. The number of hydrogen-bond acceptors (Lipinski definition) is 6. The average Bonchev–Trinajstić information content (AvgIpc) is 3.38. The number of carbonyl (C=O) groups is 1. The largest absolute Gasteiger partial charge is 0.416 e. The van der Waals surface area contributed by atoms with E-state index in [0.29, 0.717) is 22.8 Å². The number of rotatable bonds is 6. The Kier molecular flexibility index (Phi) is 6.13. The Labute approximate surface area is 207 Å². The third kappa shape index (κ3) is 4.39. The van der Waals surface area contributed by atoms with Crippen LogP contribution in [0.2, 0.25) is 0 Å². The minimum atomic E-state index is -4.49. The molecular formula is C26H19F3N4O2S. The van der Waals surface area contributed by atoms with Crippen molar-refractivity contribution < 1.29 is 18.0 Å². The Balaban J connectivity index is 1.53. The zero-order chi connectivity index (χ0) is 25.4. The first-order valence-electron chi connectivity index (χ1n) is 11.1. The fourth-order valence-electron chi connectivity index (χ4n) is 4.12. The lowest BCUT2D eigenvalue weighted by Gasteiger charge is -2.13. The summed E-state index contributed by atoms with van der Waals surface area (Å²) in [6, 6.07) is 11.6. The fourth-order valence-corrected chi connectivity index (χ4v) is 4.80. The van der Waals surface area contributed by atoms with Gasteiger partial charge < -0.3 is 0 Å². The van der Waals surface area contributed by atoms with Gasteiger partial charge in [0.05, 0.1) is 11.3 Å². The highest BCUT2D eigenvalue weighted by atomic mass is 32.1. The van der Waals surface area contributed by atoms with E-state index in [0.717, 1.165) is 29.4 Å². The van der Waals surface area contributed by atoms with Crippen molar-refractivity contribution in [1.82, 2.24) is 18.9 Å². The van der Waals surface area contributed by atoms with Gasteiger partial charge in [0.15, 0.2) is 11.3 Å². The molecule has 5 aromatic rings. The Morgan fingerprint density at radius 1 is 1.08 bits per heavy atom. The van der Waals surface area contributed by atoms with Crippen LogP contribution in [0.25, 0.3) is 27.6 Å². The van der Waals surface area contributed by atoms with Crippen molar-refractivity contribution >= 4 is 39.3 Å². The molecule has 10 heteroatoms. The number of hydrogen-bond donors (Lipinski definition) is 0. The highest BCUT2D eigenvalue weighted by Gasteiger charge is 2.30. The second-order valence-electron chi connectivity index (χ2n) is 8.47. The standard InChI is InChI=1S/C26H19F3N4O2S/c1-15(21-4-2-3-11-30-21)5-10-22(34)16-12-19-20-14-36-32-23(20)25(35)33(24(19)31-13-16)18-8-6-17(7-9-18)26(27,28)29/h2-4,6-9,11-15H,5,10H2,1H3/t15-/m1/s1. The molecule has 1 aromatic carbocycles. The van der Waals surface area contributed by atoms with Gasteiger partial charge in [0.25, 0.3) is 5.56 Å². The number of benzene rings is 1. The van der Waals surface area contributed by atoms with Crippen molar-refractivity contribution in [3.8, 4) is 5.69 Å². The smallest absolute Gasteiger partial charge is 0.294 e. The molecule has 0 fully saturated rings. The van der Waals surface area contributed by atoms with E-state index in [9.17, 15) is 22.8 Å². The Hall–Kier alpha value is -3.92. The maximum absolute atomic E-state index is 13.2. The number of nitrogens with zero attached hydrogens (tertiary/aromatic N) is 4. The number of fused-ring (bicyclic) bond motifs is 3. The van der Waals surface area contributed by atoms with Crippen molar-refractivity contribution in [2.45, 2.75) is 31.9 Å². The molecule has 0 saturated carbocycles. The molecule has 4 aromatic heterocycles. The number of Topliss-reactive ketones (excluding diaryl/α,β-unsaturated/α-hetero) is 1. The summed E-state index contributed by atoms with van der Waals surface area (Å²) in [5.74, 6) is -0.00278. The van der Waals surface area contributed by atoms with Crippen LogP contribution in [0.1, 0.15) is 47.3 Å². The summed E-state index contributed by atoms with van der Waals surface area (Å²) >= 11 is 1.09. The molecule has 182 valence electrons. The van der Waals surface area contributed by atoms with Crippen molar-refractivity contribution in [3.05, 3.63) is 93.5 Å². The first-order chi connectivity index (χ1) is 17.2. The van der Waals surface area contributed by atoms with E-state index < -0.39 is 17.3 Å². The summed E-state index contributed by atoms with van der Waals surface area (Å²) < 4.78 is 44.5. The van der Waals surface area contributed by atoms with Crippen molar-refractivity contribution in [2.24, 2.45) is 0 Å². The summed E-state index contributed by atoms with van der Waals surface area (Å²) in [6.07, 6.45) is -0.478. The quantitative estimate of drug-likeness (QED) is 0.256. The van der Waals surface area contributed by atoms with E-state index in [-0.39, 0.29) is 35.0 Å². The summed E-state index contributed by atoms with van der Waals surface area (Å²) in [5, 5.41) is 2.78.